The molecule has 8 heteroatoms. The molecule has 0 aliphatic carbocycles. The van der Waals surface area contributed by atoms with Crippen LogP contribution in [0.3, 0.4) is 0 Å². The first kappa shape index (κ1) is 19.4. The minimum atomic E-state index is -1.02. The van der Waals surface area contributed by atoms with Gasteiger partial charge in [0, 0.05) is 18.6 Å². The van der Waals surface area contributed by atoms with Crippen molar-refractivity contribution in [2.24, 2.45) is 0 Å². The lowest BCUT2D eigenvalue weighted by Crippen LogP contribution is -2.27. The van der Waals surface area contributed by atoms with Crippen LogP contribution in [0.15, 0.2) is 59.5 Å². The molecule has 0 spiro atoms. The van der Waals surface area contributed by atoms with Crippen molar-refractivity contribution in [3.63, 3.8) is 0 Å². The Kier molecular flexibility index (Phi) is 5.21. The SMILES string of the molecule is CCC(C=C1SC(=S)N(c2ccc(C(=O)O)cc2)C1=O)=[N+]1COc2ccccc21. The predicted molar refractivity (Wildman–Crippen MR) is 116 cm³/mol. The maximum Gasteiger partial charge on any atom is 0.335 e. The molecule has 0 atom stereocenters. The molecule has 2 aliphatic heterocycles. The summed E-state index contributed by atoms with van der Waals surface area (Å²) in [5, 5.41) is 9.05. The molecule has 2 aromatic rings. The van der Waals surface area contributed by atoms with Gasteiger partial charge in [-0.2, -0.15) is 4.58 Å². The van der Waals surface area contributed by atoms with Gasteiger partial charge in [0.25, 0.3) is 18.3 Å². The highest BCUT2D eigenvalue weighted by atomic mass is 32.2. The Bertz CT molecular complexity index is 1090. The van der Waals surface area contributed by atoms with Crippen molar-refractivity contribution < 1.29 is 24.0 Å². The molecule has 0 aromatic heterocycles. The topological polar surface area (TPSA) is 69.9 Å². The van der Waals surface area contributed by atoms with Crippen molar-refractivity contribution in [2.45, 2.75) is 13.3 Å². The summed E-state index contributed by atoms with van der Waals surface area (Å²) in [5.41, 5.74) is 2.63. The number of aromatic carboxylic acids is 1. The fourth-order valence-corrected chi connectivity index (χ4v) is 4.51. The zero-order valence-corrected chi connectivity index (χ0v) is 17.1. The van der Waals surface area contributed by atoms with E-state index in [0.717, 1.165) is 23.6 Å². The van der Waals surface area contributed by atoms with E-state index in [1.54, 1.807) is 12.1 Å². The van der Waals surface area contributed by atoms with Crippen LogP contribution < -0.4 is 9.64 Å². The van der Waals surface area contributed by atoms with Crippen molar-refractivity contribution in [1.29, 1.82) is 0 Å². The molecule has 4 rings (SSSR count). The zero-order chi connectivity index (χ0) is 20.5. The fraction of sp³-hybridized carbons (Fsp3) is 0.143. The molecule has 6 nitrogen and oxygen atoms in total. The Morgan fingerprint density at radius 2 is 2.00 bits per heavy atom. The largest absolute Gasteiger partial charge is 0.478 e. The summed E-state index contributed by atoms with van der Waals surface area (Å²) in [6.07, 6.45) is 2.57. The molecule has 1 N–H and O–H groups in total. The summed E-state index contributed by atoms with van der Waals surface area (Å²) >= 11 is 6.65. The van der Waals surface area contributed by atoms with E-state index in [-0.39, 0.29) is 11.5 Å². The summed E-state index contributed by atoms with van der Waals surface area (Å²) in [5.74, 6) is -0.419. The number of carbonyl (C=O) groups excluding carboxylic acids is 1. The van der Waals surface area contributed by atoms with Crippen molar-refractivity contribution in [2.75, 3.05) is 11.6 Å². The smallest absolute Gasteiger partial charge is 0.335 e. The number of thioether (sulfide) groups is 1. The third-order valence-electron chi connectivity index (χ3n) is 4.68. The number of nitrogens with zero attached hydrogens (tertiary/aromatic N) is 2. The van der Waals surface area contributed by atoms with E-state index in [4.69, 9.17) is 22.1 Å². The van der Waals surface area contributed by atoms with Gasteiger partial charge in [0.1, 0.15) is 0 Å². The highest BCUT2D eigenvalue weighted by Crippen LogP contribution is 2.36. The number of ether oxygens (including phenoxy) is 1. The van der Waals surface area contributed by atoms with E-state index in [1.165, 1.54) is 28.8 Å². The number of rotatable bonds is 4. The molecule has 0 bridgehead atoms. The van der Waals surface area contributed by atoms with Crippen LogP contribution in [-0.2, 0) is 4.79 Å². The number of hydrogen-bond donors (Lipinski definition) is 1. The average Bonchev–Trinajstić information content (AvgIpc) is 3.27. The molecule has 29 heavy (non-hydrogen) atoms. The number of carboxylic acids is 1. The molecular formula is C21H17N2O4S2+. The summed E-state index contributed by atoms with van der Waals surface area (Å²) in [4.78, 5) is 26.0. The minimum Gasteiger partial charge on any atom is -0.478 e. The lowest BCUT2D eigenvalue weighted by atomic mass is 10.2. The van der Waals surface area contributed by atoms with Gasteiger partial charge in [-0.25, -0.2) is 4.79 Å². The third-order valence-corrected chi connectivity index (χ3v) is 5.98. The Balaban J connectivity index is 1.67. The van der Waals surface area contributed by atoms with Crippen LogP contribution >= 0.6 is 24.0 Å². The number of thiocarbonyl (C=S) groups is 1. The van der Waals surface area contributed by atoms with Gasteiger partial charge in [-0.15, -0.1) is 0 Å². The minimum absolute atomic E-state index is 0.157. The Hall–Kier alpha value is -2.97. The molecule has 1 fully saturated rings. The van der Waals surface area contributed by atoms with Gasteiger partial charge in [0.05, 0.1) is 16.2 Å². The second-order valence-electron chi connectivity index (χ2n) is 6.38. The van der Waals surface area contributed by atoms with E-state index in [0.29, 0.717) is 21.6 Å². The van der Waals surface area contributed by atoms with E-state index in [2.05, 4.69) is 0 Å². The fourth-order valence-electron chi connectivity index (χ4n) is 3.21. The molecule has 0 radical (unpaired) electrons. The molecule has 1 amide bonds. The van der Waals surface area contributed by atoms with Gasteiger partial charge >= 0.3 is 5.97 Å². The molecule has 0 saturated carbocycles. The van der Waals surface area contributed by atoms with Crippen LogP contribution in [0.25, 0.3) is 0 Å². The van der Waals surface area contributed by atoms with Gasteiger partial charge < -0.3 is 9.84 Å². The van der Waals surface area contributed by atoms with Crippen LogP contribution in [-0.4, -0.2) is 38.3 Å². The van der Waals surface area contributed by atoms with Crippen molar-refractivity contribution in [3.05, 3.63) is 65.1 Å². The first-order valence-corrected chi connectivity index (χ1v) is 10.2. The van der Waals surface area contributed by atoms with Crippen LogP contribution in [0.1, 0.15) is 23.7 Å². The van der Waals surface area contributed by atoms with E-state index in [9.17, 15) is 9.59 Å². The van der Waals surface area contributed by atoms with Gasteiger partial charge in [-0.05, 0) is 30.3 Å². The average molecular weight is 426 g/mol. The summed E-state index contributed by atoms with van der Waals surface area (Å²) in [7, 11) is 0. The maximum atomic E-state index is 13.0. The first-order valence-electron chi connectivity index (χ1n) is 8.96. The van der Waals surface area contributed by atoms with Crippen LogP contribution in [0.2, 0.25) is 0 Å². The number of para-hydroxylation sites is 2. The number of carboxylic acid groups (broad SMARTS) is 1. The monoisotopic (exact) mass is 425 g/mol. The lowest BCUT2D eigenvalue weighted by molar-refractivity contribution is -0.458. The standard InChI is InChI=1S/C21H16N2O4S2/c1-2-14(22-12-27-17-6-4-3-5-16(17)22)11-18-19(24)23(21(28)29-18)15-9-7-13(8-10-15)20(25)26/h3-11H,2,12H2,1H3/p+1. The molecule has 2 aromatic carbocycles. The number of anilines is 1. The zero-order valence-electron chi connectivity index (χ0n) is 15.5. The van der Waals surface area contributed by atoms with E-state index >= 15 is 0 Å². The first-order chi connectivity index (χ1) is 14.0. The number of carbonyl (C=O) groups is 2. The number of fused-ring (bicyclic) bond motifs is 1. The predicted octanol–water partition coefficient (Wildman–Crippen LogP) is 4.18. The molecule has 2 heterocycles. The van der Waals surface area contributed by atoms with Gasteiger partial charge in [-0.3, -0.25) is 9.69 Å². The number of amides is 1. The molecular weight excluding hydrogens is 408 g/mol. The Morgan fingerprint density at radius 3 is 2.69 bits per heavy atom. The van der Waals surface area contributed by atoms with Crippen molar-refractivity contribution in [3.8, 4) is 5.75 Å². The van der Waals surface area contributed by atoms with Gasteiger partial charge in [0.15, 0.2) is 15.8 Å². The highest BCUT2D eigenvalue weighted by Gasteiger charge is 2.35. The molecule has 2 aliphatic rings. The van der Waals surface area contributed by atoms with Crippen LogP contribution in [0, 0.1) is 0 Å². The van der Waals surface area contributed by atoms with E-state index < -0.39 is 5.97 Å². The highest BCUT2D eigenvalue weighted by molar-refractivity contribution is 8.27. The third kappa shape index (κ3) is 3.56. The summed E-state index contributed by atoms with van der Waals surface area (Å²) < 4.78 is 8.19. The summed E-state index contributed by atoms with van der Waals surface area (Å²) in [6, 6.07) is 13.9. The Labute approximate surface area is 177 Å². The summed E-state index contributed by atoms with van der Waals surface area (Å²) in [6.45, 7) is 2.42. The number of hydrogen-bond acceptors (Lipinski definition) is 5. The number of benzene rings is 2. The second-order valence-corrected chi connectivity index (χ2v) is 8.06. The van der Waals surface area contributed by atoms with Gasteiger partial charge in [-0.1, -0.05) is 43.0 Å². The van der Waals surface area contributed by atoms with Crippen molar-refractivity contribution >= 4 is 57.3 Å². The number of allylic oxidation sites excluding steroid dienone is 1. The molecule has 0 unspecified atom stereocenters. The molecule has 146 valence electrons. The molecule has 1 saturated heterocycles. The van der Waals surface area contributed by atoms with Crippen LogP contribution in [0.5, 0.6) is 5.75 Å². The normalized spacial score (nSPS) is 18.8. The van der Waals surface area contributed by atoms with Crippen LogP contribution in [0.4, 0.5) is 11.4 Å². The van der Waals surface area contributed by atoms with E-state index in [1.807, 2.05) is 41.8 Å². The second kappa shape index (κ2) is 7.81. The lowest BCUT2D eigenvalue weighted by Gasteiger charge is -2.14. The van der Waals surface area contributed by atoms with Crippen molar-refractivity contribution in [1.82, 2.24) is 0 Å². The van der Waals surface area contributed by atoms with Gasteiger partial charge in [0.2, 0.25) is 0 Å². The Morgan fingerprint density at radius 1 is 1.28 bits per heavy atom. The maximum absolute atomic E-state index is 13.0. The quantitative estimate of drug-likeness (QED) is 0.450.